The highest BCUT2D eigenvalue weighted by molar-refractivity contribution is 7.07. The quantitative estimate of drug-likeness (QED) is 0.145. The summed E-state index contributed by atoms with van der Waals surface area (Å²) in [6.45, 7) is 5.74. The SMILES string of the molecule is CCOC(=O)C1=C(c2ccccc2)N=c2s/c(=C/c3cc([N+](=O)[O-])ccc3N3CCC(C)CC3)c(=O)n2[C@H]1c1ccc(Cl)cc1. The molecule has 0 amide bonds. The molecule has 0 unspecified atom stereocenters. The third-order valence-corrected chi connectivity index (χ3v) is 9.43. The number of carbonyl (C=O) groups is 1. The Labute approximate surface area is 268 Å². The second kappa shape index (κ2) is 12.8. The molecule has 11 heteroatoms. The first-order valence-corrected chi connectivity index (χ1v) is 16.0. The van der Waals surface area contributed by atoms with E-state index in [4.69, 9.17) is 21.3 Å². The number of aromatic nitrogens is 1. The Morgan fingerprint density at radius 2 is 1.82 bits per heavy atom. The van der Waals surface area contributed by atoms with E-state index in [0.717, 1.165) is 31.6 Å². The molecule has 0 saturated carbocycles. The van der Waals surface area contributed by atoms with Crippen LogP contribution in [0.2, 0.25) is 5.02 Å². The molecular formula is C34H31ClN4O5S. The van der Waals surface area contributed by atoms with Crippen LogP contribution in [0, 0.1) is 16.0 Å². The number of esters is 1. The maximum atomic E-state index is 14.3. The Morgan fingerprint density at radius 3 is 2.49 bits per heavy atom. The van der Waals surface area contributed by atoms with Gasteiger partial charge in [-0.2, -0.15) is 0 Å². The summed E-state index contributed by atoms with van der Waals surface area (Å²) in [5, 5.41) is 12.3. The van der Waals surface area contributed by atoms with Gasteiger partial charge in [-0.25, -0.2) is 9.79 Å². The van der Waals surface area contributed by atoms with Gasteiger partial charge in [0.1, 0.15) is 0 Å². The zero-order valence-corrected chi connectivity index (χ0v) is 26.4. The van der Waals surface area contributed by atoms with Crippen LogP contribution < -0.4 is 19.8 Å². The maximum Gasteiger partial charge on any atom is 0.338 e. The summed E-state index contributed by atoms with van der Waals surface area (Å²) >= 11 is 7.41. The third-order valence-electron chi connectivity index (χ3n) is 8.19. The Kier molecular flexibility index (Phi) is 8.69. The van der Waals surface area contributed by atoms with E-state index in [1.807, 2.05) is 30.3 Å². The Bertz CT molecular complexity index is 1980. The fourth-order valence-electron chi connectivity index (χ4n) is 5.85. The highest BCUT2D eigenvalue weighted by atomic mass is 35.5. The molecule has 4 aromatic rings. The van der Waals surface area contributed by atoms with Crippen LogP contribution in [0.4, 0.5) is 11.4 Å². The number of carbonyl (C=O) groups excluding carboxylic acids is 1. The summed E-state index contributed by atoms with van der Waals surface area (Å²) in [5.74, 6) is 0.0290. The minimum atomic E-state index is -0.844. The molecule has 9 nitrogen and oxygen atoms in total. The molecule has 0 spiro atoms. The van der Waals surface area contributed by atoms with Crippen molar-refractivity contribution in [3.63, 3.8) is 0 Å². The van der Waals surface area contributed by atoms with Crippen LogP contribution in [0.15, 0.2) is 88.2 Å². The lowest BCUT2D eigenvalue weighted by molar-refractivity contribution is -0.384. The van der Waals surface area contributed by atoms with Crippen molar-refractivity contribution >= 4 is 52.1 Å². The van der Waals surface area contributed by atoms with Crippen molar-refractivity contribution in [2.75, 3.05) is 24.6 Å². The van der Waals surface area contributed by atoms with E-state index >= 15 is 0 Å². The number of non-ortho nitro benzene ring substituents is 1. The lowest BCUT2D eigenvalue weighted by Crippen LogP contribution is -2.40. The molecule has 1 saturated heterocycles. The number of benzene rings is 3. The third kappa shape index (κ3) is 6.08. The molecule has 230 valence electrons. The van der Waals surface area contributed by atoms with E-state index in [-0.39, 0.29) is 23.4 Å². The monoisotopic (exact) mass is 642 g/mol. The fraction of sp³-hybridized carbons (Fsp3) is 0.265. The number of anilines is 1. The fourth-order valence-corrected chi connectivity index (χ4v) is 6.97. The van der Waals surface area contributed by atoms with Crippen LogP contribution in [-0.4, -0.2) is 35.2 Å². The Balaban J connectivity index is 1.60. The summed E-state index contributed by atoms with van der Waals surface area (Å²) < 4.78 is 7.38. The van der Waals surface area contributed by atoms with Crippen molar-refractivity contribution in [3.05, 3.63) is 130 Å². The lowest BCUT2D eigenvalue weighted by Gasteiger charge is -2.33. The lowest BCUT2D eigenvalue weighted by atomic mass is 9.93. The van der Waals surface area contributed by atoms with Crippen LogP contribution in [0.3, 0.4) is 0 Å². The molecule has 1 fully saturated rings. The van der Waals surface area contributed by atoms with E-state index in [0.29, 0.717) is 42.7 Å². The number of nitrogens with zero attached hydrogens (tertiary/aromatic N) is 4. The normalized spacial score (nSPS) is 17.2. The first-order chi connectivity index (χ1) is 21.7. The van der Waals surface area contributed by atoms with Crippen LogP contribution in [-0.2, 0) is 9.53 Å². The molecule has 0 N–H and O–H groups in total. The number of thiazole rings is 1. The summed E-state index contributed by atoms with van der Waals surface area (Å²) in [4.78, 5) is 46.8. The van der Waals surface area contributed by atoms with Gasteiger partial charge in [0.05, 0.1) is 33.4 Å². The second-order valence-corrected chi connectivity index (χ2v) is 12.6. The van der Waals surface area contributed by atoms with Crippen molar-refractivity contribution in [1.82, 2.24) is 4.57 Å². The van der Waals surface area contributed by atoms with Crippen LogP contribution >= 0.6 is 22.9 Å². The zero-order valence-electron chi connectivity index (χ0n) is 24.8. The van der Waals surface area contributed by atoms with Crippen molar-refractivity contribution in [2.24, 2.45) is 10.9 Å². The molecule has 45 heavy (non-hydrogen) atoms. The number of hydrogen-bond donors (Lipinski definition) is 0. The second-order valence-electron chi connectivity index (χ2n) is 11.2. The summed E-state index contributed by atoms with van der Waals surface area (Å²) in [5.41, 5.74) is 3.03. The van der Waals surface area contributed by atoms with Gasteiger partial charge in [0.15, 0.2) is 4.80 Å². The number of rotatable bonds is 7. The van der Waals surface area contributed by atoms with E-state index < -0.39 is 16.9 Å². The van der Waals surface area contributed by atoms with Crippen LogP contribution in [0.25, 0.3) is 11.8 Å². The minimum Gasteiger partial charge on any atom is -0.463 e. The number of fused-ring (bicyclic) bond motifs is 1. The Hall–Kier alpha value is -4.54. The van der Waals surface area contributed by atoms with E-state index in [9.17, 15) is 19.7 Å². The van der Waals surface area contributed by atoms with Crippen molar-refractivity contribution in [3.8, 4) is 0 Å². The van der Waals surface area contributed by atoms with Gasteiger partial charge in [0.25, 0.3) is 11.2 Å². The molecule has 0 bridgehead atoms. The smallest absolute Gasteiger partial charge is 0.338 e. The molecule has 6 rings (SSSR count). The number of halogens is 1. The largest absolute Gasteiger partial charge is 0.463 e. The van der Waals surface area contributed by atoms with Gasteiger partial charge in [-0.05, 0) is 55.5 Å². The van der Waals surface area contributed by atoms with Gasteiger partial charge < -0.3 is 9.64 Å². The first kappa shape index (κ1) is 30.5. The highest BCUT2D eigenvalue weighted by Crippen LogP contribution is 2.36. The van der Waals surface area contributed by atoms with Gasteiger partial charge in [0, 0.05) is 47.1 Å². The standard InChI is InChI=1S/C34H31ClN4O5S/c1-3-44-33(41)29-30(22-7-5-4-6-8-22)36-34-38(31(29)23-9-11-25(35)12-10-23)32(40)28(45-34)20-24-19-26(39(42)43)13-14-27(24)37-17-15-21(2)16-18-37/h4-14,19-21,31H,3,15-18H2,1-2H3/b28-20+/t31-/m0/s1. The predicted octanol–water partition coefficient (Wildman–Crippen LogP) is 5.73. The van der Waals surface area contributed by atoms with Crippen molar-refractivity contribution in [2.45, 2.75) is 32.7 Å². The highest BCUT2D eigenvalue weighted by Gasteiger charge is 2.35. The topological polar surface area (TPSA) is 107 Å². The molecule has 0 aliphatic carbocycles. The Morgan fingerprint density at radius 1 is 1.11 bits per heavy atom. The van der Waals surface area contributed by atoms with Crippen molar-refractivity contribution in [1.29, 1.82) is 0 Å². The molecule has 3 heterocycles. The van der Waals surface area contributed by atoms with Gasteiger partial charge >= 0.3 is 5.97 Å². The number of nitro benzene ring substituents is 1. The van der Waals surface area contributed by atoms with Crippen LogP contribution in [0.1, 0.15) is 49.4 Å². The number of piperidine rings is 1. The van der Waals surface area contributed by atoms with E-state index in [1.165, 1.54) is 28.0 Å². The van der Waals surface area contributed by atoms with E-state index in [1.54, 1.807) is 43.3 Å². The molecular weight excluding hydrogens is 612 g/mol. The molecule has 2 aliphatic heterocycles. The number of ether oxygens (including phenoxy) is 1. The summed E-state index contributed by atoms with van der Waals surface area (Å²) in [6, 6.07) is 20.3. The molecule has 1 aromatic heterocycles. The maximum absolute atomic E-state index is 14.3. The van der Waals surface area contributed by atoms with Gasteiger partial charge in [-0.15, -0.1) is 0 Å². The molecule has 0 radical (unpaired) electrons. The van der Waals surface area contributed by atoms with Crippen molar-refractivity contribution < 1.29 is 14.5 Å². The number of hydrogen-bond acceptors (Lipinski definition) is 8. The summed E-state index contributed by atoms with van der Waals surface area (Å²) in [7, 11) is 0. The number of nitro groups is 1. The van der Waals surface area contributed by atoms with Gasteiger partial charge in [-0.1, -0.05) is 72.3 Å². The first-order valence-electron chi connectivity index (χ1n) is 14.8. The summed E-state index contributed by atoms with van der Waals surface area (Å²) in [6.07, 6.45) is 3.73. The average molecular weight is 643 g/mol. The molecule has 1 atom stereocenters. The average Bonchev–Trinajstić information content (AvgIpc) is 3.35. The molecule has 3 aromatic carbocycles. The zero-order chi connectivity index (χ0) is 31.7. The minimum absolute atomic E-state index is 0.0573. The van der Waals surface area contributed by atoms with Gasteiger partial charge in [-0.3, -0.25) is 19.5 Å². The van der Waals surface area contributed by atoms with E-state index in [2.05, 4.69) is 11.8 Å². The van der Waals surface area contributed by atoms with Crippen LogP contribution in [0.5, 0.6) is 0 Å². The van der Waals surface area contributed by atoms with Gasteiger partial charge in [0.2, 0.25) is 0 Å². The predicted molar refractivity (Wildman–Crippen MR) is 176 cm³/mol. The molecule has 2 aliphatic rings.